The molecule has 3 N–H and O–H groups in total. The van der Waals surface area contributed by atoms with Crippen molar-refractivity contribution in [2.24, 2.45) is 0 Å². The maximum atomic E-state index is 6.53. The number of fused-ring (bicyclic) bond motifs is 1. The molecule has 0 bridgehead atoms. The van der Waals surface area contributed by atoms with E-state index < -0.39 is 0 Å². The summed E-state index contributed by atoms with van der Waals surface area (Å²) in [7, 11) is 2.16. The topological polar surface area (TPSA) is 63.4 Å². The molecule has 29 heavy (non-hydrogen) atoms. The maximum Gasteiger partial charge on any atom is 0.131 e. The van der Waals surface area contributed by atoms with Crippen LogP contribution in [0.15, 0.2) is 48.7 Å². The number of benzene rings is 2. The molecule has 152 valence electrons. The summed E-state index contributed by atoms with van der Waals surface area (Å²) in [5.41, 5.74) is 9.12. The van der Waals surface area contributed by atoms with E-state index >= 15 is 0 Å². The van der Waals surface area contributed by atoms with Gasteiger partial charge in [-0.25, -0.2) is 4.98 Å². The van der Waals surface area contributed by atoms with Gasteiger partial charge in [-0.05, 0) is 66.7 Å². The number of pyridine rings is 1. The Morgan fingerprint density at radius 3 is 2.79 bits per heavy atom. The van der Waals surface area contributed by atoms with Gasteiger partial charge in [0.1, 0.15) is 5.82 Å². The maximum absolute atomic E-state index is 6.53. The van der Waals surface area contributed by atoms with Gasteiger partial charge in [-0.1, -0.05) is 23.7 Å². The normalized spacial score (nSPS) is 15.7. The van der Waals surface area contributed by atoms with E-state index in [0.717, 1.165) is 58.5 Å². The molecule has 0 spiro atoms. The van der Waals surface area contributed by atoms with Crippen molar-refractivity contribution < 1.29 is 4.74 Å². The second-order valence-electron chi connectivity index (χ2n) is 7.73. The predicted octanol–water partition coefficient (Wildman–Crippen LogP) is 4.69. The summed E-state index contributed by atoms with van der Waals surface area (Å²) in [4.78, 5) is 6.47. The van der Waals surface area contributed by atoms with Crippen LogP contribution in [0.3, 0.4) is 0 Å². The molecule has 0 saturated carbocycles. The van der Waals surface area contributed by atoms with Crippen LogP contribution >= 0.6 is 11.6 Å². The highest BCUT2D eigenvalue weighted by Gasteiger charge is 2.17. The van der Waals surface area contributed by atoms with E-state index in [4.69, 9.17) is 22.1 Å². The standard InChI is InChI=1S/C23H27ClN4O/c1-28-10-7-20(8-11-28)29-15-16-2-3-18(22(24)12-16)14-27-19-4-5-21-17(13-19)6-9-26-23(21)25/h2-6,9,12-13,20,27H,7-8,10-11,14-15H2,1H3,(H2,25,26). The summed E-state index contributed by atoms with van der Waals surface area (Å²) in [6.45, 7) is 3.48. The van der Waals surface area contributed by atoms with Crippen LogP contribution in [0.2, 0.25) is 5.02 Å². The van der Waals surface area contributed by atoms with E-state index in [1.54, 1.807) is 6.20 Å². The van der Waals surface area contributed by atoms with E-state index in [-0.39, 0.29) is 0 Å². The van der Waals surface area contributed by atoms with E-state index in [1.165, 1.54) is 0 Å². The first-order chi connectivity index (χ1) is 14.1. The Kier molecular flexibility index (Phi) is 6.19. The van der Waals surface area contributed by atoms with E-state index in [2.05, 4.69) is 40.4 Å². The van der Waals surface area contributed by atoms with Crippen molar-refractivity contribution in [3.05, 3.63) is 64.8 Å². The van der Waals surface area contributed by atoms with Gasteiger partial charge in [-0.3, -0.25) is 0 Å². The second kappa shape index (κ2) is 8.99. The molecule has 0 amide bonds. The van der Waals surface area contributed by atoms with Crippen LogP contribution in [0, 0.1) is 0 Å². The smallest absolute Gasteiger partial charge is 0.131 e. The zero-order valence-corrected chi connectivity index (χ0v) is 17.5. The zero-order valence-electron chi connectivity index (χ0n) is 16.7. The number of nitrogens with two attached hydrogens (primary N) is 1. The fraction of sp³-hybridized carbons (Fsp3) is 0.348. The van der Waals surface area contributed by atoms with Gasteiger partial charge in [-0.2, -0.15) is 0 Å². The summed E-state index contributed by atoms with van der Waals surface area (Å²) in [6, 6.07) is 14.2. The Hall–Kier alpha value is -2.34. The average Bonchev–Trinajstić information content (AvgIpc) is 2.73. The van der Waals surface area contributed by atoms with Crippen LogP contribution < -0.4 is 11.1 Å². The summed E-state index contributed by atoms with van der Waals surface area (Å²) < 4.78 is 6.08. The molecule has 1 aliphatic rings. The molecule has 2 heterocycles. The average molecular weight is 411 g/mol. The van der Waals surface area contributed by atoms with E-state index in [9.17, 15) is 0 Å². The molecule has 6 heteroatoms. The number of nitrogens with zero attached hydrogens (tertiary/aromatic N) is 2. The van der Waals surface area contributed by atoms with Crippen LogP contribution in [0.25, 0.3) is 10.8 Å². The third-order valence-electron chi connectivity index (χ3n) is 5.55. The first kappa shape index (κ1) is 20.0. The van der Waals surface area contributed by atoms with Crippen molar-refractivity contribution in [3.8, 4) is 0 Å². The zero-order chi connectivity index (χ0) is 20.2. The summed E-state index contributed by atoms with van der Waals surface area (Å²) in [6.07, 6.45) is 4.27. The molecule has 2 aromatic carbocycles. The molecule has 3 aromatic rings. The molecule has 4 rings (SSSR count). The first-order valence-corrected chi connectivity index (χ1v) is 10.4. The molecular formula is C23H27ClN4O. The number of likely N-dealkylation sites (tertiary alicyclic amines) is 1. The molecule has 0 atom stereocenters. The number of hydrogen-bond acceptors (Lipinski definition) is 5. The first-order valence-electron chi connectivity index (χ1n) is 10.0. The Balaban J connectivity index is 1.34. The van der Waals surface area contributed by atoms with Crippen LogP contribution in [0.1, 0.15) is 24.0 Å². The molecule has 0 aliphatic carbocycles. The van der Waals surface area contributed by atoms with Crippen molar-refractivity contribution in [1.82, 2.24) is 9.88 Å². The molecular weight excluding hydrogens is 384 g/mol. The molecule has 0 radical (unpaired) electrons. The highest BCUT2D eigenvalue weighted by Crippen LogP contribution is 2.25. The number of piperidine rings is 1. The fourth-order valence-corrected chi connectivity index (χ4v) is 3.97. The lowest BCUT2D eigenvalue weighted by atomic mass is 10.1. The molecule has 0 unspecified atom stereocenters. The van der Waals surface area contributed by atoms with E-state index in [0.29, 0.717) is 25.1 Å². The fourth-order valence-electron chi connectivity index (χ4n) is 3.70. The highest BCUT2D eigenvalue weighted by molar-refractivity contribution is 6.31. The van der Waals surface area contributed by atoms with Gasteiger partial charge in [0, 0.05) is 41.9 Å². The summed E-state index contributed by atoms with van der Waals surface area (Å²) in [5.74, 6) is 0.551. The number of hydrogen-bond donors (Lipinski definition) is 2. The van der Waals surface area contributed by atoms with Crippen molar-refractivity contribution in [2.45, 2.75) is 32.1 Å². The van der Waals surface area contributed by atoms with Crippen LogP contribution in [-0.2, 0) is 17.9 Å². The molecule has 1 aliphatic heterocycles. The van der Waals surface area contributed by atoms with Gasteiger partial charge in [0.15, 0.2) is 0 Å². The second-order valence-corrected chi connectivity index (χ2v) is 8.13. The van der Waals surface area contributed by atoms with E-state index in [1.807, 2.05) is 24.3 Å². The van der Waals surface area contributed by atoms with Gasteiger partial charge in [-0.15, -0.1) is 0 Å². The summed E-state index contributed by atoms with van der Waals surface area (Å²) in [5, 5.41) is 6.23. The van der Waals surface area contributed by atoms with Gasteiger partial charge in [0.05, 0.1) is 12.7 Å². The van der Waals surface area contributed by atoms with Crippen molar-refractivity contribution in [1.29, 1.82) is 0 Å². The van der Waals surface area contributed by atoms with Crippen molar-refractivity contribution >= 4 is 33.9 Å². The van der Waals surface area contributed by atoms with Crippen LogP contribution in [0.5, 0.6) is 0 Å². The number of anilines is 2. The lowest BCUT2D eigenvalue weighted by Crippen LogP contribution is -2.34. The largest absolute Gasteiger partial charge is 0.383 e. The molecule has 1 fully saturated rings. The number of ether oxygens (including phenoxy) is 1. The lowest BCUT2D eigenvalue weighted by Gasteiger charge is -2.28. The van der Waals surface area contributed by atoms with Gasteiger partial charge in [0.25, 0.3) is 0 Å². The predicted molar refractivity (Wildman–Crippen MR) is 120 cm³/mol. The lowest BCUT2D eigenvalue weighted by molar-refractivity contribution is 0.00213. The monoisotopic (exact) mass is 410 g/mol. The SMILES string of the molecule is CN1CCC(OCc2ccc(CNc3ccc4c(N)nccc4c3)c(Cl)c2)CC1. The Morgan fingerprint density at radius 2 is 2.00 bits per heavy atom. The minimum atomic E-state index is 0.350. The summed E-state index contributed by atoms with van der Waals surface area (Å²) >= 11 is 6.53. The number of nitrogen functional groups attached to an aromatic ring is 1. The van der Waals surface area contributed by atoms with Crippen LogP contribution in [0.4, 0.5) is 11.5 Å². The minimum absolute atomic E-state index is 0.350. The van der Waals surface area contributed by atoms with Crippen molar-refractivity contribution in [2.75, 3.05) is 31.2 Å². The van der Waals surface area contributed by atoms with Crippen LogP contribution in [-0.4, -0.2) is 36.1 Å². The van der Waals surface area contributed by atoms with Crippen molar-refractivity contribution in [3.63, 3.8) is 0 Å². The number of aromatic nitrogens is 1. The Labute approximate surface area is 176 Å². The highest BCUT2D eigenvalue weighted by atomic mass is 35.5. The molecule has 1 aromatic heterocycles. The molecule has 1 saturated heterocycles. The van der Waals surface area contributed by atoms with Gasteiger partial charge in [0.2, 0.25) is 0 Å². The van der Waals surface area contributed by atoms with Gasteiger partial charge >= 0.3 is 0 Å². The quantitative estimate of drug-likeness (QED) is 0.617. The molecule has 5 nitrogen and oxygen atoms in total. The number of nitrogens with one attached hydrogen (secondary N) is 1. The Morgan fingerprint density at radius 1 is 1.17 bits per heavy atom. The number of halogens is 1. The third kappa shape index (κ3) is 4.99. The Bertz CT molecular complexity index is 986. The van der Waals surface area contributed by atoms with Gasteiger partial charge < -0.3 is 20.7 Å². The third-order valence-corrected chi connectivity index (χ3v) is 5.90. The minimum Gasteiger partial charge on any atom is -0.383 e. The number of rotatable bonds is 6.